The van der Waals surface area contributed by atoms with E-state index in [4.69, 9.17) is 4.74 Å². The van der Waals surface area contributed by atoms with Crippen LogP contribution in [0, 0.1) is 12.8 Å². The van der Waals surface area contributed by atoms with Crippen molar-refractivity contribution in [3.63, 3.8) is 0 Å². The van der Waals surface area contributed by atoms with Crippen LogP contribution in [0.1, 0.15) is 68.1 Å². The molecule has 200 valence electrons. The van der Waals surface area contributed by atoms with E-state index in [-0.39, 0.29) is 23.9 Å². The Morgan fingerprint density at radius 3 is 2.73 bits per heavy atom. The van der Waals surface area contributed by atoms with E-state index in [2.05, 4.69) is 28.2 Å². The highest BCUT2D eigenvalue weighted by atomic mass is 16.5. The number of methoxy groups -OCH3 is 1. The van der Waals surface area contributed by atoms with Crippen LogP contribution in [0.2, 0.25) is 0 Å². The molecule has 6 rings (SSSR count). The number of piperidine rings is 1. The second-order valence-corrected chi connectivity index (χ2v) is 12.1. The number of hydrogen-bond donors (Lipinski definition) is 1. The molecule has 3 atom stereocenters. The fourth-order valence-corrected chi connectivity index (χ4v) is 7.59. The van der Waals surface area contributed by atoms with Crippen LogP contribution in [-0.4, -0.2) is 75.5 Å². The van der Waals surface area contributed by atoms with Gasteiger partial charge in [0.25, 0.3) is 0 Å². The second-order valence-electron chi connectivity index (χ2n) is 12.1. The van der Waals surface area contributed by atoms with Crippen LogP contribution in [-0.2, 0) is 23.2 Å². The lowest BCUT2D eigenvalue weighted by Gasteiger charge is -2.62. The number of carbonyl (C=O) groups excluding carboxylic acids is 1. The topological polar surface area (TPSA) is 70.8 Å². The zero-order valence-corrected chi connectivity index (χ0v) is 22.5. The predicted octanol–water partition coefficient (Wildman–Crippen LogP) is 3.70. The Kier molecular flexibility index (Phi) is 6.56. The summed E-state index contributed by atoms with van der Waals surface area (Å²) in [6, 6.07) is 6.63. The Hall–Kier alpha value is -2.38. The molecule has 1 amide bonds. The number of aryl methyl sites for hydroxylation is 1. The Labute approximate surface area is 220 Å². The monoisotopic (exact) mass is 506 g/mol. The highest BCUT2D eigenvalue weighted by molar-refractivity contribution is 5.76. The van der Waals surface area contributed by atoms with Gasteiger partial charge in [0.15, 0.2) is 0 Å². The summed E-state index contributed by atoms with van der Waals surface area (Å²) in [5.74, 6) is 1.77. The van der Waals surface area contributed by atoms with Gasteiger partial charge in [0.2, 0.25) is 5.91 Å². The summed E-state index contributed by atoms with van der Waals surface area (Å²) in [4.78, 5) is 18.1. The summed E-state index contributed by atoms with van der Waals surface area (Å²) in [6.45, 7) is 5.83. The predicted molar refractivity (Wildman–Crippen MR) is 143 cm³/mol. The zero-order valence-electron chi connectivity index (χ0n) is 22.5. The number of amides is 1. The minimum atomic E-state index is -0.801. The fraction of sp³-hybridized carbons (Fsp3) is 0.667. The Morgan fingerprint density at radius 2 is 1.97 bits per heavy atom. The maximum atomic E-state index is 13.5. The van der Waals surface area contributed by atoms with Gasteiger partial charge in [0, 0.05) is 37.3 Å². The van der Waals surface area contributed by atoms with E-state index in [0.29, 0.717) is 6.54 Å². The first kappa shape index (κ1) is 24.9. The van der Waals surface area contributed by atoms with Crippen molar-refractivity contribution in [3.8, 4) is 5.75 Å². The molecular weight excluding hydrogens is 464 g/mol. The van der Waals surface area contributed by atoms with E-state index < -0.39 is 5.60 Å². The highest BCUT2D eigenvalue weighted by Crippen LogP contribution is 2.56. The number of likely N-dealkylation sites (tertiary alicyclic amines) is 1. The number of hydrogen-bond acceptors (Lipinski definition) is 5. The van der Waals surface area contributed by atoms with Crippen LogP contribution in [0.25, 0.3) is 0 Å². The van der Waals surface area contributed by atoms with E-state index in [1.54, 1.807) is 18.0 Å². The van der Waals surface area contributed by atoms with Crippen molar-refractivity contribution in [1.29, 1.82) is 0 Å². The maximum Gasteiger partial charge on any atom is 0.244 e. The summed E-state index contributed by atoms with van der Waals surface area (Å²) in [7, 11) is 1.72. The van der Waals surface area contributed by atoms with Gasteiger partial charge in [-0.1, -0.05) is 18.9 Å². The number of ether oxygens (including phenoxy) is 1. The average molecular weight is 507 g/mol. The molecule has 2 bridgehead atoms. The Balaban J connectivity index is 1.35. The largest absolute Gasteiger partial charge is 0.497 e. The third-order valence-corrected chi connectivity index (χ3v) is 9.79. The molecule has 1 aromatic heterocycles. The molecule has 2 saturated heterocycles. The van der Waals surface area contributed by atoms with Crippen molar-refractivity contribution in [1.82, 2.24) is 19.6 Å². The minimum Gasteiger partial charge on any atom is -0.497 e. The maximum absolute atomic E-state index is 13.5. The van der Waals surface area contributed by atoms with Gasteiger partial charge in [-0.05, 0) is 93.2 Å². The van der Waals surface area contributed by atoms with Crippen LogP contribution in [0.3, 0.4) is 0 Å². The van der Waals surface area contributed by atoms with Crippen molar-refractivity contribution in [2.24, 2.45) is 5.92 Å². The van der Waals surface area contributed by atoms with E-state index >= 15 is 0 Å². The number of carbonyl (C=O) groups is 1. The molecule has 3 fully saturated rings. The van der Waals surface area contributed by atoms with Crippen LogP contribution in [0.5, 0.6) is 5.75 Å². The summed E-state index contributed by atoms with van der Waals surface area (Å²) in [6.07, 6.45) is 12.8. The van der Waals surface area contributed by atoms with E-state index in [0.717, 1.165) is 81.8 Å². The lowest BCUT2D eigenvalue weighted by molar-refractivity contribution is -0.159. The van der Waals surface area contributed by atoms with Crippen LogP contribution >= 0.6 is 0 Å². The molecule has 7 nitrogen and oxygen atoms in total. The number of nitrogens with zero attached hydrogens (tertiary/aromatic N) is 4. The number of fused-ring (bicyclic) bond motifs is 1. The van der Waals surface area contributed by atoms with Gasteiger partial charge in [-0.3, -0.25) is 14.4 Å². The molecule has 7 heteroatoms. The summed E-state index contributed by atoms with van der Waals surface area (Å²) in [5.41, 5.74) is 2.49. The third kappa shape index (κ3) is 4.48. The van der Waals surface area contributed by atoms with E-state index in [1.165, 1.54) is 24.0 Å². The summed E-state index contributed by atoms with van der Waals surface area (Å²) < 4.78 is 7.42. The van der Waals surface area contributed by atoms with Crippen LogP contribution in [0.15, 0.2) is 30.6 Å². The van der Waals surface area contributed by atoms with Crippen LogP contribution < -0.4 is 4.74 Å². The van der Waals surface area contributed by atoms with Gasteiger partial charge in [0.1, 0.15) is 12.3 Å². The number of benzene rings is 1. The lowest BCUT2D eigenvalue weighted by Crippen LogP contribution is -2.72. The number of aliphatic hydroxyl groups is 1. The van der Waals surface area contributed by atoms with Crippen molar-refractivity contribution < 1.29 is 14.6 Å². The van der Waals surface area contributed by atoms with Crippen LogP contribution in [0.4, 0.5) is 0 Å². The van der Waals surface area contributed by atoms with Crippen molar-refractivity contribution in [2.75, 3.05) is 33.3 Å². The molecule has 0 radical (unpaired) electrons. The zero-order chi connectivity index (χ0) is 25.6. The van der Waals surface area contributed by atoms with Gasteiger partial charge >= 0.3 is 0 Å². The first-order chi connectivity index (χ1) is 17.9. The number of rotatable bonds is 5. The van der Waals surface area contributed by atoms with Crippen molar-refractivity contribution >= 4 is 5.91 Å². The average Bonchev–Trinajstić information content (AvgIpc) is 3.62. The van der Waals surface area contributed by atoms with Crippen molar-refractivity contribution in [2.45, 2.75) is 88.3 Å². The first-order valence-corrected chi connectivity index (χ1v) is 14.3. The molecule has 37 heavy (non-hydrogen) atoms. The number of aromatic nitrogens is 2. The standard InChI is InChI=1S/C30H42N4O3/c1-22-18-31-34(19-22)21-28(35)32-13-5-3-4-10-30(36)27-16-24-8-9-25(37-2)17-26(24)29(30,11-14-32)12-15-33(27)20-23-6-7-23/h8-9,17-19,23,27,36H,3-7,10-16,20-21H2,1-2H3. The quantitative estimate of drug-likeness (QED) is 0.670. The molecule has 4 aliphatic rings. The normalized spacial score (nSPS) is 30.4. The molecule has 2 aromatic rings. The van der Waals surface area contributed by atoms with Crippen molar-refractivity contribution in [3.05, 3.63) is 47.3 Å². The van der Waals surface area contributed by atoms with E-state index in [9.17, 15) is 9.90 Å². The molecule has 3 heterocycles. The molecular formula is C30H42N4O3. The summed E-state index contributed by atoms with van der Waals surface area (Å²) in [5, 5.41) is 17.2. The Bertz CT molecular complexity index is 1140. The third-order valence-electron chi connectivity index (χ3n) is 9.79. The molecule has 1 aromatic carbocycles. The van der Waals surface area contributed by atoms with E-state index in [1.807, 2.05) is 18.0 Å². The lowest BCUT2D eigenvalue weighted by atomic mass is 9.52. The second kappa shape index (κ2) is 9.73. The molecule has 1 N–H and O–H groups in total. The molecule has 0 spiro atoms. The van der Waals surface area contributed by atoms with Gasteiger partial charge in [-0.25, -0.2) is 0 Å². The SMILES string of the molecule is COc1ccc2c(c1)C13CCN(C(=O)Cn4cc(C)cn4)CCCCCC1(O)C(C2)N(CC1CC1)CC3. The fourth-order valence-electron chi connectivity index (χ4n) is 7.59. The van der Waals surface area contributed by atoms with Gasteiger partial charge in [0.05, 0.1) is 18.9 Å². The van der Waals surface area contributed by atoms with Gasteiger partial charge < -0.3 is 14.7 Å². The smallest absolute Gasteiger partial charge is 0.244 e. The summed E-state index contributed by atoms with van der Waals surface area (Å²) >= 11 is 0. The van der Waals surface area contributed by atoms with Gasteiger partial charge in [-0.2, -0.15) is 5.10 Å². The molecule has 2 aliphatic carbocycles. The van der Waals surface area contributed by atoms with Gasteiger partial charge in [-0.15, -0.1) is 0 Å². The molecule has 3 unspecified atom stereocenters. The minimum absolute atomic E-state index is 0.119. The Morgan fingerprint density at radius 1 is 1.14 bits per heavy atom. The first-order valence-electron chi connectivity index (χ1n) is 14.3. The molecule has 2 aliphatic heterocycles. The molecule has 1 saturated carbocycles. The highest BCUT2D eigenvalue weighted by Gasteiger charge is 2.62.